The van der Waals surface area contributed by atoms with E-state index in [1.54, 1.807) is 0 Å². The fourth-order valence-electron chi connectivity index (χ4n) is 5.15. The number of carbonyl (C=O) groups is 1. The number of hydrogen-bond acceptors (Lipinski definition) is 3. The van der Waals surface area contributed by atoms with E-state index in [4.69, 9.17) is 0 Å². The first-order valence-electron chi connectivity index (χ1n) is 12.3. The molecule has 32 heavy (non-hydrogen) atoms. The zero-order chi connectivity index (χ0) is 23.1. The van der Waals surface area contributed by atoms with Gasteiger partial charge in [-0.15, -0.1) is 0 Å². The van der Waals surface area contributed by atoms with E-state index < -0.39 is 0 Å². The molecule has 3 rings (SSSR count). The molecule has 2 aliphatic rings. The first kappa shape index (κ1) is 24.6. The molecule has 3 atom stereocenters. The molecule has 0 spiro atoms. The van der Waals surface area contributed by atoms with Crippen molar-refractivity contribution >= 4 is 11.9 Å². The zero-order valence-electron chi connectivity index (χ0n) is 20.7. The van der Waals surface area contributed by atoms with Crippen molar-refractivity contribution in [1.29, 1.82) is 0 Å². The average Bonchev–Trinajstić information content (AvgIpc) is 3.12. The van der Waals surface area contributed by atoms with Crippen LogP contribution in [0.5, 0.6) is 0 Å². The summed E-state index contributed by atoms with van der Waals surface area (Å²) in [6.45, 7) is 14.9. The summed E-state index contributed by atoms with van der Waals surface area (Å²) >= 11 is 0. The number of amides is 1. The van der Waals surface area contributed by atoms with Gasteiger partial charge >= 0.3 is 0 Å². The van der Waals surface area contributed by atoms with Crippen molar-refractivity contribution in [3.63, 3.8) is 0 Å². The number of hydrogen-bond donors (Lipinski definition) is 2. The molecular weight excluding hydrogens is 398 g/mol. The van der Waals surface area contributed by atoms with Gasteiger partial charge in [0.15, 0.2) is 5.96 Å². The van der Waals surface area contributed by atoms with Crippen LogP contribution in [-0.2, 0) is 11.2 Å². The molecule has 2 saturated heterocycles. The van der Waals surface area contributed by atoms with Gasteiger partial charge in [0.2, 0.25) is 5.91 Å². The Balaban J connectivity index is 1.41. The number of nitrogens with one attached hydrogen (secondary N) is 2. The van der Waals surface area contributed by atoms with Crippen LogP contribution in [0.1, 0.15) is 46.1 Å². The number of piperidine rings is 1. The highest BCUT2D eigenvalue weighted by atomic mass is 16.2. The van der Waals surface area contributed by atoms with Crippen molar-refractivity contribution in [2.45, 2.75) is 52.5 Å². The lowest BCUT2D eigenvalue weighted by molar-refractivity contribution is -0.127. The summed E-state index contributed by atoms with van der Waals surface area (Å²) in [5.41, 5.74) is 1.35. The summed E-state index contributed by atoms with van der Waals surface area (Å²) < 4.78 is 0. The smallest absolute Gasteiger partial charge is 0.223 e. The Kier molecular flexibility index (Phi) is 8.57. The van der Waals surface area contributed by atoms with E-state index in [0.29, 0.717) is 12.3 Å². The second kappa shape index (κ2) is 11.2. The minimum atomic E-state index is 0.0676. The van der Waals surface area contributed by atoms with Crippen molar-refractivity contribution in [3.05, 3.63) is 35.9 Å². The number of likely N-dealkylation sites (tertiary alicyclic amines) is 2. The minimum absolute atomic E-state index is 0.0676. The molecule has 178 valence electrons. The highest BCUT2D eigenvalue weighted by molar-refractivity contribution is 5.81. The van der Waals surface area contributed by atoms with Crippen LogP contribution in [0.2, 0.25) is 0 Å². The van der Waals surface area contributed by atoms with Crippen LogP contribution in [0.3, 0.4) is 0 Å². The number of aliphatic imine (C=N–C) groups is 1. The molecule has 0 aromatic heterocycles. The minimum Gasteiger partial charge on any atom is -0.356 e. The van der Waals surface area contributed by atoms with Crippen molar-refractivity contribution in [1.82, 2.24) is 20.4 Å². The summed E-state index contributed by atoms with van der Waals surface area (Å²) in [4.78, 5) is 21.5. The Bertz CT molecular complexity index is 753. The number of guanidine groups is 1. The predicted octanol–water partition coefficient (Wildman–Crippen LogP) is 3.00. The van der Waals surface area contributed by atoms with E-state index in [0.717, 1.165) is 63.5 Å². The molecule has 0 radical (unpaired) electrons. The topological polar surface area (TPSA) is 60.0 Å². The maximum Gasteiger partial charge on any atom is 0.223 e. The molecule has 0 bridgehead atoms. The van der Waals surface area contributed by atoms with E-state index in [9.17, 15) is 4.79 Å². The van der Waals surface area contributed by atoms with E-state index >= 15 is 0 Å². The summed E-state index contributed by atoms with van der Waals surface area (Å²) in [5, 5.41) is 6.99. The highest BCUT2D eigenvalue weighted by Gasteiger charge is 2.33. The van der Waals surface area contributed by atoms with Crippen LogP contribution in [0.25, 0.3) is 0 Å². The Morgan fingerprint density at radius 2 is 1.78 bits per heavy atom. The van der Waals surface area contributed by atoms with Crippen LogP contribution in [0.4, 0.5) is 0 Å². The van der Waals surface area contributed by atoms with Crippen LogP contribution in [-0.4, -0.2) is 73.5 Å². The molecule has 2 heterocycles. The van der Waals surface area contributed by atoms with Gasteiger partial charge in [-0.1, -0.05) is 44.2 Å². The fraction of sp³-hybridized carbons (Fsp3) is 0.692. The molecule has 0 aliphatic carbocycles. The lowest BCUT2D eigenvalue weighted by atomic mass is 9.88. The fourth-order valence-corrected chi connectivity index (χ4v) is 5.15. The normalized spacial score (nSPS) is 25.3. The third kappa shape index (κ3) is 6.96. The second-order valence-corrected chi connectivity index (χ2v) is 10.6. The summed E-state index contributed by atoms with van der Waals surface area (Å²) in [5.74, 6) is 2.92. The first-order chi connectivity index (χ1) is 15.3. The molecule has 3 unspecified atom stereocenters. The van der Waals surface area contributed by atoms with E-state index in [-0.39, 0.29) is 11.4 Å². The molecular formula is C26H43N5O. The van der Waals surface area contributed by atoms with Gasteiger partial charge in [0.25, 0.3) is 0 Å². The number of carbonyl (C=O) groups excluding carboxylic acids is 1. The molecule has 2 aliphatic heterocycles. The van der Waals surface area contributed by atoms with Crippen LogP contribution < -0.4 is 10.6 Å². The standard InChI is InChI=1S/C26H43N5O/c1-20-13-21(2)17-31(16-20)26(3,4)19-29-25(27-5)28-15-23-14-24(32)30(18-23)12-11-22-9-7-6-8-10-22/h6-10,20-21,23H,11-19H2,1-5H3,(H2,27,28,29). The third-order valence-corrected chi connectivity index (χ3v) is 7.00. The first-order valence-corrected chi connectivity index (χ1v) is 12.3. The van der Waals surface area contributed by atoms with Gasteiger partial charge in [-0.2, -0.15) is 0 Å². The van der Waals surface area contributed by atoms with Gasteiger partial charge in [0, 0.05) is 64.2 Å². The zero-order valence-corrected chi connectivity index (χ0v) is 20.7. The van der Waals surface area contributed by atoms with Crippen LogP contribution >= 0.6 is 0 Å². The Morgan fingerprint density at radius 3 is 2.44 bits per heavy atom. The Labute approximate surface area is 194 Å². The van der Waals surface area contributed by atoms with Crippen molar-refractivity contribution < 1.29 is 4.79 Å². The van der Waals surface area contributed by atoms with E-state index in [1.165, 1.54) is 12.0 Å². The van der Waals surface area contributed by atoms with Crippen molar-refractivity contribution in [2.24, 2.45) is 22.7 Å². The van der Waals surface area contributed by atoms with Crippen molar-refractivity contribution in [3.8, 4) is 0 Å². The Hall–Kier alpha value is -2.08. The maximum atomic E-state index is 12.5. The molecule has 6 heteroatoms. The van der Waals surface area contributed by atoms with Crippen LogP contribution in [0.15, 0.2) is 35.3 Å². The molecule has 1 aromatic rings. The van der Waals surface area contributed by atoms with E-state index in [2.05, 4.69) is 72.5 Å². The van der Waals surface area contributed by atoms with Crippen molar-refractivity contribution in [2.75, 3.05) is 46.3 Å². The van der Waals surface area contributed by atoms with Gasteiger partial charge in [-0.25, -0.2) is 0 Å². The molecule has 6 nitrogen and oxygen atoms in total. The van der Waals surface area contributed by atoms with Gasteiger partial charge in [0.05, 0.1) is 0 Å². The second-order valence-electron chi connectivity index (χ2n) is 10.6. The molecule has 1 amide bonds. The monoisotopic (exact) mass is 441 g/mol. The molecule has 2 N–H and O–H groups in total. The number of rotatable bonds is 8. The van der Waals surface area contributed by atoms with Crippen LogP contribution in [0, 0.1) is 17.8 Å². The average molecular weight is 442 g/mol. The van der Waals surface area contributed by atoms with Gasteiger partial charge < -0.3 is 15.5 Å². The molecule has 1 aromatic carbocycles. The summed E-state index contributed by atoms with van der Waals surface area (Å²) in [7, 11) is 1.82. The number of nitrogens with zero attached hydrogens (tertiary/aromatic N) is 3. The maximum absolute atomic E-state index is 12.5. The lowest BCUT2D eigenvalue weighted by Gasteiger charge is -2.45. The summed E-state index contributed by atoms with van der Waals surface area (Å²) in [6, 6.07) is 10.4. The lowest BCUT2D eigenvalue weighted by Crippen LogP contribution is -2.57. The largest absolute Gasteiger partial charge is 0.356 e. The van der Waals surface area contributed by atoms with Gasteiger partial charge in [-0.3, -0.25) is 14.7 Å². The SMILES string of the molecule is CN=C(NCC1CC(=O)N(CCc2ccccc2)C1)NCC(C)(C)N1CC(C)CC(C)C1. The summed E-state index contributed by atoms with van der Waals surface area (Å²) in [6.07, 6.45) is 2.86. The molecule has 0 saturated carbocycles. The quantitative estimate of drug-likeness (QED) is 0.481. The van der Waals surface area contributed by atoms with E-state index in [1.807, 2.05) is 18.0 Å². The highest BCUT2D eigenvalue weighted by Crippen LogP contribution is 2.26. The number of benzene rings is 1. The Morgan fingerprint density at radius 1 is 1.09 bits per heavy atom. The predicted molar refractivity (Wildman–Crippen MR) is 133 cm³/mol. The van der Waals surface area contributed by atoms with Gasteiger partial charge in [-0.05, 0) is 44.1 Å². The molecule has 2 fully saturated rings. The third-order valence-electron chi connectivity index (χ3n) is 7.00. The van der Waals surface area contributed by atoms with Gasteiger partial charge in [0.1, 0.15) is 0 Å².